The van der Waals surface area contributed by atoms with Crippen molar-refractivity contribution in [3.05, 3.63) is 22.0 Å². The van der Waals surface area contributed by atoms with Gasteiger partial charge < -0.3 is 4.74 Å². The van der Waals surface area contributed by atoms with Crippen molar-refractivity contribution >= 4 is 5.69 Å². The third kappa shape index (κ3) is 2.31. The van der Waals surface area contributed by atoms with Gasteiger partial charge in [-0.15, -0.1) is 0 Å². The Balaban J connectivity index is 2.25. The van der Waals surface area contributed by atoms with E-state index >= 15 is 0 Å². The second-order valence-electron chi connectivity index (χ2n) is 5.07. The molecule has 0 saturated carbocycles. The van der Waals surface area contributed by atoms with Crippen molar-refractivity contribution in [2.75, 3.05) is 6.61 Å². The maximum absolute atomic E-state index is 10.8. The molecule has 1 unspecified atom stereocenters. The third-order valence-corrected chi connectivity index (χ3v) is 3.23. The lowest BCUT2D eigenvalue weighted by Crippen LogP contribution is -2.35. The van der Waals surface area contributed by atoms with Crippen LogP contribution in [-0.2, 0) is 4.74 Å². The molecule has 0 amide bonds. The molecular weight excluding hydrogens is 222 g/mol. The van der Waals surface area contributed by atoms with Crippen LogP contribution in [0.2, 0.25) is 0 Å². The smallest absolute Gasteiger partial charge is 0.309 e. The molecule has 1 aliphatic rings. The summed E-state index contributed by atoms with van der Waals surface area (Å²) in [5, 5.41) is 14.9. The minimum absolute atomic E-state index is 0.0919. The fourth-order valence-corrected chi connectivity index (χ4v) is 2.37. The number of hydrogen-bond acceptors (Lipinski definition) is 4. The van der Waals surface area contributed by atoms with E-state index in [0.29, 0.717) is 12.3 Å². The van der Waals surface area contributed by atoms with Gasteiger partial charge >= 0.3 is 5.69 Å². The van der Waals surface area contributed by atoms with Crippen LogP contribution in [0.3, 0.4) is 0 Å². The van der Waals surface area contributed by atoms with Crippen molar-refractivity contribution in [3.63, 3.8) is 0 Å². The van der Waals surface area contributed by atoms with Crippen molar-refractivity contribution in [1.82, 2.24) is 9.78 Å². The Morgan fingerprint density at radius 3 is 2.88 bits per heavy atom. The van der Waals surface area contributed by atoms with Gasteiger partial charge in [-0.1, -0.05) is 0 Å². The van der Waals surface area contributed by atoms with Crippen molar-refractivity contribution in [1.29, 1.82) is 0 Å². The van der Waals surface area contributed by atoms with Crippen molar-refractivity contribution in [2.45, 2.75) is 45.3 Å². The lowest BCUT2D eigenvalue weighted by Gasteiger charge is -2.35. The highest BCUT2D eigenvalue weighted by atomic mass is 16.6. The molecule has 1 aromatic rings. The first-order chi connectivity index (χ1) is 7.91. The van der Waals surface area contributed by atoms with E-state index in [1.165, 1.54) is 6.20 Å². The summed E-state index contributed by atoms with van der Waals surface area (Å²) in [6, 6.07) is 0.187. The molecule has 0 aliphatic carbocycles. The molecule has 2 heterocycles. The molecule has 6 nitrogen and oxygen atoms in total. The summed E-state index contributed by atoms with van der Waals surface area (Å²) in [7, 11) is 0. The van der Waals surface area contributed by atoms with E-state index in [1.54, 1.807) is 11.6 Å². The first-order valence-electron chi connectivity index (χ1n) is 5.73. The monoisotopic (exact) mass is 239 g/mol. The Kier molecular flexibility index (Phi) is 2.91. The summed E-state index contributed by atoms with van der Waals surface area (Å²) in [5.74, 6) is 0. The fourth-order valence-electron chi connectivity index (χ4n) is 2.37. The average molecular weight is 239 g/mol. The molecule has 1 atom stereocenters. The number of aromatic nitrogens is 2. The van der Waals surface area contributed by atoms with Crippen molar-refractivity contribution in [2.24, 2.45) is 0 Å². The second kappa shape index (κ2) is 4.10. The topological polar surface area (TPSA) is 70.2 Å². The maximum Gasteiger partial charge on any atom is 0.309 e. The van der Waals surface area contributed by atoms with E-state index in [0.717, 1.165) is 12.8 Å². The van der Waals surface area contributed by atoms with Crippen LogP contribution >= 0.6 is 0 Å². The van der Waals surface area contributed by atoms with Crippen LogP contribution in [-0.4, -0.2) is 26.9 Å². The van der Waals surface area contributed by atoms with Gasteiger partial charge in [0.25, 0.3) is 0 Å². The molecular formula is C11H17N3O3. The number of ether oxygens (including phenoxy) is 1. The Morgan fingerprint density at radius 2 is 2.35 bits per heavy atom. The van der Waals surface area contributed by atoms with Crippen molar-refractivity contribution < 1.29 is 9.66 Å². The summed E-state index contributed by atoms with van der Waals surface area (Å²) >= 11 is 0. The SMILES string of the molecule is Cc1c([N+](=O)[O-])cnn1C1CCOC(C)(C)C1. The van der Waals surface area contributed by atoms with Gasteiger partial charge in [0.15, 0.2) is 0 Å². The Morgan fingerprint density at radius 1 is 1.65 bits per heavy atom. The third-order valence-electron chi connectivity index (χ3n) is 3.23. The Bertz CT molecular complexity index is 439. The molecule has 0 radical (unpaired) electrons. The van der Waals surface area contributed by atoms with Crippen LogP contribution in [0.5, 0.6) is 0 Å². The molecule has 0 aromatic carbocycles. The first kappa shape index (κ1) is 12.0. The molecule has 1 aromatic heterocycles. The highest BCUT2D eigenvalue weighted by molar-refractivity contribution is 5.31. The van der Waals surface area contributed by atoms with Crippen LogP contribution in [0.25, 0.3) is 0 Å². The van der Waals surface area contributed by atoms with Gasteiger partial charge in [-0.2, -0.15) is 5.10 Å². The fraction of sp³-hybridized carbons (Fsp3) is 0.727. The minimum Gasteiger partial charge on any atom is -0.375 e. The van der Waals surface area contributed by atoms with Crippen molar-refractivity contribution in [3.8, 4) is 0 Å². The summed E-state index contributed by atoms with van der Waals surface area (Å²) in [5.41, 5.74) is 0.530. The standard InChI is InChI=1S/C11H17N3O3/c1-8-10(14(15)16)7-12-13(8)9-4-5-17-11(2,3)6-9/h7,9H,4-6H2,1-3H3. The largest absolute Gasteiger partial charge is 0.375 e. The van der Waals surface area contributed by atoms with Gasteiger partial charge in [-0.3, -0.25) is 14.8 Å². The second-order valence-corrected chi connectivity index (χ2v) is 5.07. The Labute approximate surface area is 99.7 Å². The lowest BCUT2D eigenvalue weighted by atomic mass is 9.94. The molecule has 0 bridgehead atoms. The van der Waals surface area contributed by atoms with Crippen LogP contribution in [0, 0.1) is 17.0 Å². The van der Waals surface area contributed by atoms with Gasteiger partial charge in [0.1, 0.15) is 11.9 Å². The van der Waals surface area contributed by atoms with Crippen LogP contribution in [0.1, 0.15) is 38.4 Å². The van der Waals surface area contributed by atoms with E-state index in [1.807, 2.05) is 13.8 Å². The molecule has 0 N–H and O–H groups in total. The van der Waals surface area contributed by atoms with Gasteiger partial charge in [0.05, 0.1) is 16.6 Å². The molecule has 94 valence electrons. The van der Waals surface area contributed by atoms with Gasteiger partial charge in [0, 0.05) is 6.61 Å². The molecule has 0 spiro atoms. The summed E-state index contributed by atoms with van der Waals surface area (Å²) in [4.78, 5) is 10.4. The zero-order chi connectivity index (χ0) is 12.6. The molecule has 1 fully saturated rings. The number of nitrogens with zero attached hydrogens (tertiary/aromatic N) is 3. The van der Waals surface area contributed by atoms with Crippen LogP contribution in [0.4, 0.5) is 5.69 Å². The predicted octanol–water partition coefficient (Wildman–Crippen LogP) is 2.23. The highest BCUT2D eigenvalue weighted by Gasteiger charge is 2.32. The van der Waals surface area contributed by atoms with E-state index in [9.17, 15) is 10.1 Å². The molecule has 6 heteroatoms. The summed E-state index contributed by atoms with van der Waals surface area (Å²) < 4.78 is 7.40. The molecule has 17 heavy (non-hydrogen) atoms. The lowest BCUT2D eigenvalue weighted by molar-refractivity contribution is -0.385. The molecule has 1 saturated heterocycles. The number of nitro groups is 1. The van der Waals surface area contributed by atoms with Gasteiger partial charge in [-0.05, 0) is 33.6 Å². The average Bonchev–Trinajstić information content (AvgIpc) is 2.58. The van der Waals surface area contributed by atoms with Gasteiger partial charge in [0.2, 0.25) is 0 Å². The van der Waals surface area contributed by atoms with E-state index in [-0.39, 0.29) is 22.3 Å². The Hall–Kier alpha value is -1.43. The predicted molar refractivity (Wildman–Crippen MR) is 61.9 cm³/mol. The van der Waals surface area contributed by atoms with E-state index < -0.39 is 0 Å². The normalized spacial score (nSPS) is 23.6. The molecule has 2 rings (SSSR count). The number of rotatable bonds is 2. The molecule has 1 aliphatic heterocycles. The maximum atomic E-state index is 10.8. The zero-order valence-electron chi connectivity index (χ0n) is 10.3. The zero-order valence-corrected chi connectivity index (χ0v) is 10.3. The van der Waals surface area contributed by atoms with Gasteiger partial charge in [-0.25, -0.2) is 0 Å². The summed E-state index contributed by atoms with van der Waals surface area (Å²) in [6.45, 7) is 6.48. The van der Waals surface area contributed by atoms with E-state index in [2.05, 4.69) is 5.10 Å². The first-order valence-corrected chi connectivity index (χ1v) is 5.73. The quantitative estimate of drug-likeness (QED) is 0.586. The van der Waals surface area contributed by atoms with Crippen LogP contribution in [0.15, 0.2) is 6.20 Å². The highest BCUT2D eigenvalue weighted by Crippen LogP contribution is 2.33. The number of hydrogen-bond donors (Lipinski definition) is 0. The van der Waals surface area contributed by atoms with Crippen LogP contribution < -0.4 is 0 Å². The summed E-state index contributed by atoms with van der Waals surface area (Å²) in [6.07, 6.45) is 3.01. The van der Waals surface area contributed by atoms with E-state index in [4.69, 9.17) is 4.74 Å². The minimum atomic E-state index is -0.386.